The summed E-state index contributed by atoms with van der Waals surface area (Å²) in [7, 11) is 1.70. The van der Waals surface area contributed by atoms with Gasteiger partial charge in [-0.15, -0.1) is 0 Å². The highest BCUT2D eigenvalue weighted by Gasteiger charge is 2.81. The van der Waals surface area contributed by atoms with Crippen LogP contribution in [0.25, 0.3) is 0 Å². The summed E-state index contributed by atoms with van der Waals surface area (Å²) in [5, 5.41) is 4.05. The molecule has 0 aromatic carbocycles. The number of halogens is 2. The normalized spacial score (nSPS) is 27.8. The molecule has 1 aliphatic heterocycles. The van der Waals surface area contributed by atoms with E-state index in [1.165, 1.54) is 4.68 Å². The second-order valence-corrected chi connectivity index (χ2v) is 5.19. The van der Waals surface area contributed by atoms with Crippen LogP contribution in [0.15, 0.2) is 6.20 Å². The first-order valence-corrected chi connectivity index (χ1v) is 5.92. The van der Waals surface area contributed by atoms with Crippen molar-refractivity contribution in [3.05, 3.63) is 17.5 Å². The van der Waals surface area contributed by atoms with Gasteiger partial charge in [-0.3, -0.25) is 9.48 Å². The Morgan fingerprint density at radius 3 is 2.67 bits per heavy atom. The Morgan fingerprint density at radius 1 is 1.61 bits per heavy atom. The highest BCUT2D eigenvalue weighted by Crippen LogP contribution is 2.68. The number of carbonyl (C=O) groups excluding carboxylic acids is 1. The molecule has 1 aliphatic carbocycles. The molecule has 0 radical (unpaired) electrons. The Kier molecular flexibility index (Phi) is 2.21. The molecule has 2 aliphatic rings. The highest BCUT2D eigenvalue weighted by molar-refractivity contribution is 5.98. The fourth-order valence-corrected chi connectivity index (χ4v) is 2.69. The Labute approximate surface area is 103 Å². The van der Waals surface area contributed by atoms with Gasteiger partial charge in [0.1, 0.15) is 5.60 Å². The number of hydrogen-bond acceptors (Lipinski definition) is 3. The fraction of sp³-hybridized carbons (Fsp3) is 0.667. The lowest BCUT2D eigenvalue weighted by atomic mass is 9.94. The van der Waals surface area contributed by atoms with Gasteiger partial charge in [0.2, 0.25) is 0 Å². The monoisotopic (exact) mass is 256 g/mol. The first kappa shape index (κ1) is 11.8. The number of rotatable bonds is 4. The molecule has 1 unspecified atom stereocenters. The summed E-state index contributed by atoms with van der Waals surface area (Å²) < 4.78 is 32.9. The molecule has 2 fully saturated rings. The van der Waals surface area contributed by atoms with Gasteiger partial charge in [0.15, 0.2) is 11.4 Å². The minimum atomic E-state index is -2.61. The topological polar surface area (TPSA) is 47.4 Å². The van der Waals surface area contributed by atoms with Gasteiger partial charge in [-0.05, 0) is 19.8 Å². The van der Waals surface area contributed by atoms with E-state index in [4.69, 9.17) is 4.74 Å². The number of Topliss-reactive ketones (excluding diaryl/α,β-unsaturated/α-hetero) is 1. The maximum Gasteiger partial charge on any atom is 0.270 e. The average molecular weight is 256 g/mol. The molecule has 1 aromatic rings. The van der Waals surface area contributed by atoms with E-state index in [0.717, 1.165) is 0 Å². The smallest absolute Gasteiger partial charge is 0.270 e. The number of carbonyl (C=O) groups is 1. The van der Waals surface area contributed by atoms with Crippen molar-refractivity contribution in [3.8, 4) is 0 Å². The second kappa shape index (κ2) is 3.38. The summed E-state index contributed by atoms with van der Waals surface area (Å²) in [5.41, 5.74) is -1.26. The largest absolute Gasteiger partial charge is 0.356 e. The third-order valence-electron chi connectivity index (χ3n) is 3.90. The molecular formula is C12H14F2N2O2. The molecule has 1 saturated heterocycles. The Bertz CT molecular complexity index is 522. The van der Waals surface area contributed by atoms with Crippen molar-refractivity contribution in [2.75, 3.05) is 0 Å². The van der Waals surface area contributed by atoms with Gasteiger partial charge in [0.25, 0.3) is 6.43 Å². The summed E-state index contributed by atoms with van der Waals surface area (Å²) in [6.45, 7) is 1.70. The molecular weight excluding hydrogens is 242 g/mol. The fourth-order valence-electron chi connectivity index (χ4n) is 2.69. The number of ketones is 1. The Balaban J connectivity index is 1.81. The minimum Gasteiger partial charge on any atom is -0.356 e. The van der Waals surface area contributed by atoms with Crippen LogP contribution in [0.1, 0.15) is 35.3 Å². The minimum absolute atomic E-state index is 0.253. The number of aryl methyl sites for hydroxylation is 2. The molecule has 0 amide bonds. The van der Waals surface area contributed by atoms with E-state index in [9.17, 15) is 13.6 Å². The average Bonchev–Trinajstić information content (AvgIpc) is 3.14. The van der Waals surface area contributed by atoms with Crippen molar-refractivity contribution in [1.29, 1.82) is 0 Å². The first-order chi connectivity index (χ1) is 8.40. The summed E-state index contributed by atoms with van der Waals surface area (Å²) in [6, 6.07) is 0. The molecule has 18 heavy (non-hydrogen) atoms. The van der Waals surface area contributed by atoms with Gasteiger partial charge >= 0.3 is 0 Å². The predicted octanol–water partition coefficient (Wildman–Crippen LogP) is 1.87. The lowest BCUT2D eigenvalue weighted by Gasteiger charge is -2.10. The van der Waals surface area contributed by atoms with E-state index < -0.39 is 17.6 Å². The zero-order chi connectivity index (χ0) is 13.1. The number of ether oxygens (including phenoxy) is 1. The van der Waals surface area contributed by atoms with Crippen LogP contribution in [0, 0.1) is 6.92 Å². The van der Waals surface area contributed by atoms with E-state index >= 15 is 0 Å². The Morgan fingerprint density at radius 2 is 2.28 bits per heavy atom. The number of aromatic nitrogens is 2. The molecule has 98 valence electrons. The second-order valence-electron chi connectivity index (χ2n) is 5.19. The number of nitrogens with zero attached hydrogens (tertiary/aromatic N) is 2. The van der Waals surface area contributed by atoms with Crippen molar-refractivity contribution in [2.45, 2.75) is 43.8 Å². The number of hydrogen-bond donors (Lipinski definition) is 0. The van der Waals surface area contributed by atoms with E-state index in [0.29, 0.717) is 24.1 Å². The van der Waals surface area contributed by atoms with Crippen LogP contribution < -0.4 is 0 Å². The van der Waals surface area contributed by atoms with Crippen molar-refractivity contribution in [3.63, 3.8) is 0 Å². The molecule has 1 aromatic heterocycles. The molecule has 1 spiro atoms. The van der Waals surface area contributed by atoms with Gasteiger partial charge in [0.05, 0.1) is 11.3 Å². The molecule has 2 heterocycles. The Hall–Kier alpha value is -1.30. The third kappa shape index (κ3) is 1.44. The van der Waals surface area contributed by atoms with Crippen LogP contribution in [0.4, 0.5) is 8.78 Å². The first-order valence-electron chi connectivity index (χ1n) is 5.92. The van der Waals surface area contributed by atoms with E-state index in [2.05, 4.69) is 5.10 Å². The van der Waals surface area contributed by atoms with Crippen molar-refractivity contribution in [2.24, 2.45) is 7.05 Å². The van der Waals surface area contributed by atoms with Gasteiger partial charge in [0, 0.05) is 19.7 Å². The number of alkyl halides is 2. The summed E-state index contributed by atoms with van der Waals surface area (Å²) >= 11 is 0. The van der Waals surface area contributed by atoms with Crippen molar-refractivity contribution in [1.82, 2.24) is 9.78 Å². The van der Waals surface area contributed by atoms with Crippen LogP contribution >= 0.6 is 0 Å². The summed E-state index contributed by atoms with van der Waals surface area (Å²) in [6.07, 6.45) is -0.0237. The van der Waals surface area contributed by atoms with E-state index in [1.54, 1.807) is 20.2 Å². The molecule has 3 rings (SSSR count). The van der Waals surface area contributed by atoms with E-state index in [1.807, 2.05) is 0 Å². The van der Waals surface area contributed by atoms with Crippen LogP contribution in [0.5, 0.6) is 0 Å². The van der Waals surface area contributed by atoms with Crippen molar-refractivity contribution < 1.29 is 18.3 Å². The van der Waals surface area contributed by atoms with Crippen LogP contribution in [0.2, 0.25) is 0 Å². The van der Waals surface area contributed by atoms with Crippen molar-refractivity contribution >= 4 is 5.78 Å². The molecule has 6 heteroatoms. The predicted molar refractivity (Wildman–Crippen MR) is 58.7 cm³/mol. The van der Waals surface area contributed by atoms with Gasteiger partial charge in [-0.1, -0.05) is 0 Å². The highest BCUT2D eigenvalue weighted by atomic mass is 19.3. The summed E-state index contributed by atoms with van der Waals surface area (Å²) in [4.78, 5) is 12.1. The maximum absolute atomic E-state index is 13.1. The zero-order valence-corrected chi connectivity index (χ0v) is 10.2. The molecule has 0 bridgehead atoms. The zero-order valence-electron chi connectivity index (χ0n) is 10.2. The van der Waals surface area contributed by atoms with Crippen LogP contribution in [-0.2, 0) is 11.8 Å². The molecule has 1 atom stereocenters. The molecule has 0 N–H and O–H groups in total. The van der Waals surface area contributed by atoms with Gasteiger partial charge in [-0.2, -0.15) is 5.10 Å². The van der Waals surface area contributed by atoms with Crippen LogP contribution in [0.3, 0.4) is 0 Å². The number of epoxide rings is 1. The van der Waals surface area contributed by atoms with Gasteiger partial charge < -0.3 is 4.74 Å². The SMILES string of the molecule is Cc1nn(C)cc1C(=O)CC1(C(F)F)OC12CC2. The quantitative estimate of drug-likeness (QED) is 0.610. The maximum atomic E-state index is 13.1. The van der Waals surface area contributed by atoms with Crippen LogP contribution in [-0.4, -0.2) is 33.2 Å². The lowest BCUT2D eigenvalue weighted by molar-refractivity contribution is 0.0396. The summed E-state index contributed by atoms with van der Waals surface area (Å²) in [5.74, 6) is -0.315. The van der Waals surface area contributed by atoms with Gasteiger partial charge in [-0.25, -0.2) is 8.78 Å². The molecule has 1 saturated carbocycles. The molecule has 4 nitrogen and oxygen atoms in total. The standard InChI is InChI=1S/C12H14F2N2O2/c1-7-8(6-16(2)15-7)9(17)5-12(10(13)14)11(18-12)3-4-11/h6,10H,3-5H2,1-2H3. The van der Waals surface area contributed by atoms with E-state index in [-0.39, 0.29) is 12.2 Å². The lowest BCUT2D eigenvalue weighted by Crippen LogP contribution is -2.29. The third-order valence-corrected chi connectivity index (χ3v) is 3.90.